The number of nitrogens with two attached hydrogens (primary N) is 1. The van der Waals surface area contributed by atoms with E-state index in [1.54, 1.807) is 12.1 Å². The van der Waals surface area contributed by atoms with Gasteiger partial charge in [0.25, 0.3) is 5.69 Å². The van der Waals surface area contributed by atoms with Crippen molar-refractivity contribution in [2.75, 3.05) is 6.54 Å². The molecule has 0 atom stereocenters. The second-order valence-corrected chi connectivity index (χ2v) is 9.94. The van der Waals surface area contributed by atoms with Gasteiger partial charge in [0.1, 0.15) is 0 Å². The van der Waals surface area contributed by atoms with E-state index in [0.717, 1.165) is 24.9 Å². The van der Waals surface area contributed by atoms with Crippen molar-refractivity contribution in [3.63, 3.8) is 0 Å². The number of hydrogen-bond acceptors (Lipinski definition) is 4. The van der Waals surface area contributed by atoms with Crippen molar-refractivity contribution >= 4 is 5.69 Å². The predicted molar refractivity (Wildman–Crippen MR) is 119 cm³/mol. The summed E-state index contributed by atoms with van der Waals surface area (Å²) >= 11 is 0. The Hall–Kier alpha value is -1.46. The fourth-order valence-corrected chi connectivity index (χ4v) is 5.41. The fraction of sp³-hybridized carbons (Fsp3) is 0.750. The van der Waals surface area contributed by atoms with Crippen LogP contribution in [0.4, 0.5) is 5.69 Å². The molecule has 2 fully saturated rings. The van der Waals surface area contributed by atoms with E-state index >= 15 is 0 Å². The summed E-state index contributed by atoms with van der Waals surface area (Å²) in [7, 11) is 0. The Kier molecular flexibility index (Phi) is 8.07. The minimum atomic E-state index is -0.322. The van der Waals surface area contributed by atoms with Crippen LogP contribution in [0.15, 0.2) is 24.3 Å². The molecule has 5 nitrogen and oxygen atoms in total. The smallest absolute Gasteiger partial charge is 0.269 e. The van der Waals surface area contributed by atoms with Crippen LogP contribution in [0, 0.1) is 27.9 Å². The van der Waals surface area contributed by atoms with Crippen molar-refractivity contribution in [1.29, 1.82) is 0 Å². The Morgan fingerprint density at radius 2 is 1.55 bits per heavy atom. The Morgan fingerprint density at radius 1 is 1.00 bits per heavy atom. The molecule has 29 heavy (non-hydrogen) atoms. The quantitative estimate of drug-likeness (QED) is 0.460. The molecule has 0 amide bonds. The summed E-state index contributed by atoms with van der Waals surface area (Å²) in [4.78, 5) is 13.2. The summed E-state index contributed by atoms with van der Waals surface area (Å²) in [6.45, 7) is 6.54. The fourth-order valence-electron chi connectivity index (χ4n) is 5.41. The summed E-state index contributed by atoms with van der Waals surface area (Å²) < 4.78 is 0. The van der Waals surface area contributed by atoms with Gasteiger partial charge < -0.3 is 5.73 Å². The molecule has 1 aromatic rings. The topological polar surface area (TPSA) is 72.4 Å². The Bertz CT molecular complexity index is 630. The van der Waals surface area contributed by atoms with E-state index in [4.69, 9.17) is 5.73 Å². The largest absolute Gasteiger partial charge is 0.328 e. The summed E-state index contributed by atoms with van der Waals surface area (Å²) in [5.74, 6) is 2.42. The number of non-ortho nitro benzene ring substituents is 1. The maximum absolute atomic E-state index is 10.9. The summed E-state index contributed by atoms with van der Waals surface area (Å²) in [5, 5.41) is 10.9. The molecule has 0 radical (unpaired) electrons. The summed E-state index contributed by atoms with van der Waals surface area (Å²) in [5.41, 5.74) is 7.42. The maximum atomic E-state index is 10.9. The van der Waals surface area contributed by atoms with Crippen LogP contribution in [0.5, 0.6) is 0 Å². The highest BCUT2D eigenvalue weighted by atomic mass is 16.6. The van der Waals surface area contributed by atoms with Crippen LogP contribution in [-0.4, -0.2) is 28.5 Å². The minimum absolute atomic E-state index is 0.174. The second-order valence-electron chi connectivity index (χ2n) is 9.94. The maximum Gasteiger partial charge on any atom is 0.269 e. The SMILES string of the molecule is CC(C)CN(Cc1ccc([N+](=O)[O-])cc1)C1CCC(CC2CCC(N)CC2)CC1. The van der Waals surface area contributed by atoms with Crippen LogP contribution in [0.1, 0.15) is 77.2 Å². The van der Waals surface area contributed by atoms with Crippen molar-refractivity contribution in [1.82, 2.24) is 4.90 Å². The zero-order valence-corrected chi connectivity index (χ0v) is 18.3. The van der Waals surface area contributed by atoms with E-state index in [-0.39, 0.29) is 10.6 Å². The molecule has 2 aliphatic carbocycles. The third-order valence-corrected chi connectivity index (χ3v) is 7.02. The predicted octanol–water partition coefficient (Wildman–Crippen LogP) is 5.52. The van der Waals surface area contributed by atoms with Gasteiger partial charge in [0, 0.05) is 37.3 Å². The Labute approximate surface area is 176 Å². The Morgan fingerprint density at radius 3 is 2.07 bits per heavy atom. The molecule has 0 heterocycles. The first-order valence-corrected chi connectivity index (χ1v) is 11.6. The average Bonchev–Trinajstić information content (AvgIpc) is 2.70. The first-order chi connectivity index (χ1) is 13.9. The van der Waals surface area contributed by atoms with Crippen molar-refractivity contribution in [2.45, 2.75) is 90.3 Å². The zero-order chi connectivity index (χ0) is 20.8. The molecule has 0 unspecified atom stereocenters. The van der Waals surface area contributed by atoms with Crippen LogP contribution in [0.3, 0.4) is 0 Å². The van der Waals surface area contributed by atoms with Crippen LogP contribution in [-0.2, 0) is 6.54 Å². The first kappa shape index (κ1) is 22.2. The second kappa shape index (κ2) is 10.5. The number of nitrogens with zero attached hydrogens (tertiary/aromatic N) is 2. The number of rotatable bonds is 8. The van der Waals surface area contributed by atoms with Gasteiger partial charge in [-0.25, -0.2) is 0 Å². The van der Waals surface area contributed by atoms with E-state index in [9.17, 15) is 10.1 Å². The molecule has 0 aromatic heterocycles. The van der Waals surface area contributed by atoms with Gasteiger partial charge in [-0.1, -0.05) is 26.0 Å². The van der Waals surface area contributed by atoms with Crippen molar-refractivity contribution in [3.05, 3.63) is 39.9 Å². The van der Waals surface area contributed by atoms with Gasteiger partial charge in [-0.3, -0.25) is 15.0 Å². The van der Waals surface area contributed by atoms with Crippen molar-refractivity contribution < 1.29 is 4.92 Å². The van der Waals surface area contributed by atoms with Gasteiger partial charge in [-0.05, 0) is 81.1 Å². The van der Waals surface area contributed by atoms with E-state index < -0.39 is 0 Å². The lowest BCUT2D eigenvalue weighted by Gasteiger charge is -2.39. The molecule has 0 saturated heterocycles. The van der Waals surface area contributed by atoms with Crippen molar-refractivity contribution in [3.8, 4) is 0 Å². The summed E-state index contributed by atoms with van der Waals surface area (Å²) in [6, 6.07) is 8.20. The molecule has 1 aromatic carbocycles. The third kappa shape index (κ3) is 6.78. The molecule has 5 heteroatoms. The molecule has 0 spiro atoms. The van der Waals surface area contributed by atoms with E-state index in [1.165, 1.54) is 63.4 Å². The highest BCUT2D eigenvalue weighted by Gasteiger charge is 2.29. The minimum Gasteiger partial charge on any atom is -0.328 e. The molecular formula is C24H39N3O2. The van der Waals surface area contributed by atoms with E-state index in [1.807, 2.05) is 12.1 Å². The molecule has 3 rings (SSSR count). The lowest BCUT2D eigenvalue weighted by atomic mass is 9.75. The molecule has 162 valence electrons. The average molecular weight is 402 g/mol. The number of nitro benzene ring substituents is 1. The van der Waals surface area contributed by atoms with E-state index in [2.05, 4.69) is 18.7 Å². The van der Waals surface area contributed by atoms with Gasteiger partial charge in [-0.15, -0.1) is 0 Å². The van der Waals surface area contributed by atoms with Crippen LogP contribution >= 0.6 is 0 Å². The van der Waals surface area contributed by atoms with Crippen molar-refractivity contribution in [2.24, 2.45) is 23.5 Å². The van der Waals surface area contributed by atoms with Crippen LogP contribution in [0.25, 0.3) is 0 Å². The normalized spacial score (nSPS) is 28.0. The first-order valence-electron chi connectivity index (χ1n) is 11.6. The molecular weight excluding hydrogens is 362 g/mol. The number of benzene rings is 1. The zero-order valence-electron chi connectivity index (χ0n) is 18.3. The molecule has 2 aliphatic rings. The summed E-state index contributed by atoms with van der Waals surface area (Å²) in [6.07, 6.45) is 11.8. The van der Waals surface area contributed by atoms with Crippen LogP contribution < -0.4 is 5.73 Å². The Balaban J connectivity index is 1.52. The highest BCUT2D eigenvalue weighted by Crippen LogP contribution is 2.36. The molecule has 2 saturated carbocycles. The van der Waals surface area contributed by atoms with Crippen LogP contribution in [0.2, 0.25) is 0 Å². The standard InChI is InChI=1S/C24H39N3O2/c1-18(2)16-26(17-21-7-13-24(14-8-21)27(28)29)23-11-5-20(6-12-23)15-19-3-9-22(25)10-4-19/h7-8,13-14,18-20,22-23H,3-6,9-12,15-17,25H2,1-2H3. The lowest BCUT2D eigenvalue weighted by Crippen LogP contribution is -2.40. The third-order valence-electron chi connectivity index (χ3n) is 7.02. The van der Waals surface area contributed by atoms with Gasteiger partial charge in [0.15, 0.2) is 0 Å². The highest BCUT2D eigenvalue weighted by molar-refractivity contribution is 5.32. The number of nitro groups is 1. The molecule has 2 N–H and O–H groups in total. The van der Waals surface area contributed by atoms with Gasteiger partial charge in [0.2, 0.25) is 0 Å². The molecule has 0 aliphatic heterocycles. The monoisotopic (exact) mass is 401 g/mol. The number of hydrogen-bond donors (Lipinski definition) is 1. The molecule has 0 bridgehead atoms. The van der Waals surface area contributed by atoms with Gasteiger partial charge in [0.05, 0.1) is 4.92 Å². The lowest BCUT2D eigenvalue weighted by molar-refractivity contribution is -0.384. The van der Waals surface area contributed by atoms with Gasteiger partial charge >= 0.3 is 0 Å². The van der Waals surface area contributed by atoms with Gasteiger partial charge in [-0.2, -0.15) is 0 Å². The van der Waals surface area contributed by atoms with E-state index in [0.29, 0.717) is 18.0 Å².